The van der Waals surface area contributed by atoms with E-state index in [-0.39, 0.29) is 12.1 Å². The summed E-state index contributed by atoms with van der Waals surface area (Å²) in [5.74, 6) is 6.71. The number of rotatable bonds is 3. The number of hydrogen-bond acceptors (Lipinski definition) is 4. The van der Waals surface area contributed by atoms with E-state index >= 15 is 0 Å². The first kappa shape index (κ1) is 11.7. The fraction of sp³-hybridized carbons (Fsp3) is 0.286. The number of hydrazine groups is 1. The average Bonchev–Trinajstić information content (AvgIpc) is 2.97. The zero-order chi connectivity index (χ0) is 12.5. The lowest BCUT2D eigenvalue weighted by molar-refractivity contribution is 0.180. The van der Waals surface area contributed by atoms with E-state index in [1.807, 2.05) is 18.2 Å². The molecule has 1 aliphatic rings. The molecule has 2 atom stereocenters. The first-order chi connectivity index (χ1) is 8.79. The second-order valence-corrected chi connectivity index (χ2v) is 5.53. The molecule has 4 heteroatoms. The Balaban J connectivity index is 1.86. The van der Waals surface area contributed by atoms with Crippen LogP contribution in [0.4, 0.5) is 0 Å². The molecule has 1 aromatic carbocycles. The number of aryl methyl sites for hydroxylation is 1. The van der Waals surface area contributed by atoms with E-state index in [1.54, 1.807) is 11.3 Å². The first-order valence-corrected chi connectivity index (χ1v) is 6.92. The van der Waals surface area contributed by atoms with E-state index in [2.05, 4.69) is 29.9 Å². The summed E-state index contributed by atoms with van der Waals surface area (Å²) >= 11 is 1.73. The molecule has 1 aromatic heterocycles. The molecule has 2 aromatic rings. The smallest absolute Gasteiger partial charge is 0.124 e. The molecule has 2 unspecified atom stereocenters. The van der Waals surface area contributed by atoms with Gasteiger partial charge in [0.1, 0.15) is 11.9 Å². The summed E-state index contributed by atoms with van der Waals surface area (Å²) in [6.07, 6.45) is 0.979. The van der Waals surface area contributed by atoms with Crippen LogP contribution < -0.4 is 16.0 Å². The summed E-state index contributed by atoms with van der Waals surface area (Å²) in [6, 6.07) is 10.4. The molecule has 3 rings (SSSR count). The number of nitrogens with one attached hydrogen (secondary N) is 1. The predicted molar refractivity (Wildman–Crippen MR) is 73.7 cm³/mol. The van der Waals surface area contributed by atoms with Gasteiger partial charge in [0.15, 0.2) is 0 Å². The van der Waals surface area contributed by atoms with E-state index in [0.717, 1.165) is 12.2 Å². The van der Waals surface area contributed by atoms with E-state index in [1.165, 1.54) is 16.0 Å². The van der Waals surface area contributed by atoms with Gasteiger partial charge >= 0.3 is 0 Å². The van der Waals surface area contributed by atoms with E-state index < -0.39 is 0 Å². The van der Waals surface area contributed by atoms with Gasteiger partial charge in [-0.2, -0.15) is 0 Å². The quantitative estimate of drug-likeness (QED) is 0.658. The van der Waals surface area contributed by atoms with Crippen LogP contribution in [0.1, 0.15) is 22.0 Å². The molecule has 0 radical (unpaired) electrons. The first-order valence-electron chi connectivity index (χ1n) is 6.04. The largest absolute Gasteiger partial charge is 0.488 e. The number of nitrogens with two attached hydrogens (primary N) is 1. The maximum atomic E-state index is 6.00. The fourth-order valence-electron chi connectivity index (χ4n) is 2.45. The monoisotopic (exact) mass is 260 g/mol. The zero-order valence-electron chi connectivity index (χ0n) is 10.2. The zero-order valence-corrected chi connectivity index (χ0v) is 11.0. The molecule has 0 saturated carbocycles. The third-order valence-electron chi connectivity index (χ3n) is 3.41. The van der Waals surface area contributed by atoms with Crippen molar-refractivity contribution in [3.63, 3.8) is 0 Å². The van der Waals surface area contributed by atoms with Gasteiger partial charge in [-0.1, -0.05) is 18.2 Å². The molecule has 3 nitrogen and oxygen atoms in total. The molecule has 0 bridgehead atoms. The molecule has 94 valence electrons. The van der Waals surface area contributed by atoms with Crippen molar-refractivity contribution in [2.45, 2.75) is 25.5 Å². The number of thiophene rings is 1. The van der Waals surface area contributed by atoms with Crippen LogP contribution in [0.5, 0.6) is 5.75 Å². The predicted octanol–water partition coefficient (Wildman–Crippen LogP) is 2.56. The Hall–Kier alpha value is -1.36. The maximum absolute atomic E-state index is 6.00. The molecular weight excluding hydrogens is 244 g/mol. The van der Waals surface area contributed by atoms with Crippen LogP contribution >= 0.6 is 11.3 Å². The van der Waals surface area contributed by atoms with Crippen LogP contribution in [0.15, 0.2) is 35.7 Å². The van der Waals surface area contributed by atoms with Crippen LogP contribution in [-0.4, -0.2) is 6.10 Å². The van der Waals surface area contributed by atoms with Crippen molar-refractivity contribution in [3.8, 4) is 5.75 Å². The van der Waals surface area contributed by atoms with Crippen LogP contribution in [-0.2, 0) is 6.42 Å². The van der Waals surface area contributed by atoms with Crippen LogP contribution in [0.25, 0.3) is 0 Å². The van der Waals surface area contributed by atoms with Gasteiger partial charge in [-0.25, -0.2) is 5.43 Å². The Bertz CT molecular complexity index is 527. The van der Waals surface area contributed by atoms with E-state index in [9.17, 15) is 0 Å². The molecule has 0 saturated heterocycles. The number of para-hydroxylation sites is 1. The Labute approximate surface area is 111 Å². The Morgan fingerprint density at radius 3 is 2.89 bits per heavy atom. The average molecular weight is 260 g/mol. The highest BCUT2D eigenvalue weighted by Gasteiger charge is 2.31. The molecule has 0 aliphatic carbocycles. The van der Waals surface area contributed by atoms with Crippen molar-refractivity contribution in [1.29, 1.82) is 0 Å². The summed E-state index contributed by atoms with van der Waals surface area (Å²) in [7, 11) is 0. The second-order valence-electron chi connectivity index (χ2n) is 4.58. The molecular formula is C14H16N2OS. The van der Waals surface area contributed by atoms with E-state index in [0.29, 0.717) is 0 Å². The minimum absolute atomic E-state index is 0.0531. The third-order valence-corrected chi connectivity index (χ3v) is 4.51. The molecule has 0 spiro atoms. The van der Waals surface area contributed by atoms with Crippen LogP contribution in [0.2, 0.25) is 0 Å². The van der Waals surface area contributed by atoms with E-state index in [4.69, 9.17) is 10.6 Å². The summed E-state index contributed by atoms with van der Waals surface area (Å²) in [4.78, 5) is 1.26. The standard InChI is InChI=1S/C14H16N2OS/c1-9-6-7-18-14(9)13(16-15)12-8-10-4-2-3-5-11(10)17-12/h2-7,12-13,16H,8,15H2,1H3. The van der Waals surface area contributed by atoms with Crippen molar-refractivity contribution in [1.82, 2.24) is 5.43 Å². The number of fused-ring (bicyclic) bond motifs is 1. The number of benzene rings is 1. The van der Waals surface area contributed by atoms with Crippen molar-refractivity contribution in [2.75, 3.05) is 0 Å². The van der Waals surface area contributed by atoms with Gasteiger partial charge in [0.05, 0.1) is 6.04 Å². The van der Waals surface area contributed by atoms with Gasteiger partial charge in [-0.15, -0.1) is 11.3 Å². The second kappa shape index (κ2) is 4.72. The van der Waals surface area contributed by atoms with Gasteiger partial charge in [0.2, 0.25) is 0 Å². The minimum atomic E-state index is 0.0531. The molecule has 18 heavy (non-hydrogen) atoms. The topological polar surface area (TPSA) is 47.3 Å². The summed E-state index contributed by atoms with van der Waals surface area (Å²) in [5.41, 5.74) is 5.43. The van der Waals surface area contributed by atoms with Crippen molar-refractivity contribution in [2.24, 2.45) is 5.84 Å². The third kappa shape index (κ3) is 1.92. The number of hydrogen-bond donors (Lipinski definition) is 2. The molecule has 2 heterocycles. The van der Waals surface area contributed by atoms with Crippen LogP contribution in [0, 0.1) is 6.92 Å². The van der Waals surface area contributed by atoms with Gasteiger partial charge < -0.3 is 4.74 Å². The fourth-order valence-corrected chi connectivity index (χ4v) is 3.49. The highest BCUT2D eigenvalue weighted by atomic mass is 32.1. The molecule has 0 amide bonds. The summed E-state index contributed by atoms with van der Waals surface area (Å²) < 4.78 is 6.00. The highest BCUT2D eigenvalue weighted by molar-refractivity contribution is 7.10. The Morgan fingerprint density at radius 2 is 2.22 bits per heavy atom. The summed E-state index contributed by atoms with van der Waals surface area (Å²) in [6.45, 7) is 2.11. The van der Waals surface area contributed by atoms with Gasteiger partial charge in [-0.3, -0.25) is 5.84 Å². The van der Waals surface area contributed by atoms with Crippen molar-refractivity contribution < 1.29 is 4.74 Å². The molecule has 3 N–H and O–H groups in total. The Kier molecular flexibility index (Phi) is 3.07. The lowest BCUT2D eigenvalue weighted by Gasteiger charge is -2.22. The van der Waals surface area contributed by atoms with Gasteiger partial charge in [0, 0.05) is 11.3 Å². The molecule has 1 aliphatic heterocycles. The normalized spacial score (nSPS) is 19.3. The van der Waals surface area contributed by atoms with Gasteiger partial charge in [0.25, 0.3) is 0 Å². The minimum Gasteiger partial charge on any atom is -0.488 e. The van der Waals surface area contributed by atoms with Crippen molar-refractivity contribution >= 4 is 11.3 Å². The lowest BCUT2D eigenvalue weighted by atomic mass is 10.0. The highest BCUT2D eigenvalue weighted by Crippen LogP contribution is 2.36. The lowest BCUT2D eigenvalue weighted by Crippen LogP contribution is -2.38. The maximum Gasteiger partial charge on any atom is 0.124 e. The van der Waals surface area contributed by atoms with Gasteiger partial charge in [-0.05, 0) is 35.6 Å². The SMILES string of the molecule is Cc1ccsc1C(NN)C1Cc2ccccc2O1. The Morgan fingerprint density at radius 1 is 1.39 bits per heavy atom. The molecule has 0 fully saturated rings. The number of ether oxygens (including phenoxy) is 1. The van der Waals surface area contributed by atoms with Crippen molar-refractivity contribution in [3.05, 3.63) is 51.7 Å². The van der Waals surface area contributed by atoms with Crippen LogP contribution in [0.3, 0.4) is 0 Å². The summed E-state index contributed by atoms with van der Waals surface area (Å²) in [5, 5.41) is 2.09.